The van der Waals surface area contributed by atoms with Crippen LogP contribution in [0.5, 0.6) is 0 Å². The maximum absolute atomic E-state index is 14.8. The highest BCUT2D eigenvalue weighted by Crippen LogP contribution is 2.51. The van der Waals surface area contributed by atoms with Gasteiger partial charge in [-0.2, -0.15) is 0 Å². The molecule has 1 aromatic heterocycles. The fraction of sp³-hybridized carbons (Fsp3) is 0.316. The summed E-state index contributed by atoms with van der Waals surface area (Å²) in [6, 6.07) is 7.65. The predicted molar refractivity (Wildman–Crippen MR) is 107 cm³/mol. The number of hydrogen-bond acceptors (Lipinski definition) is 5. The highest BCUT2D eigenvalue weighted by Gasteiger charge is 2.48. The molecule has 1 aromatic carbocycles. The summed E-state index contributed by atoms with van der Waals surface area (Å²) < 4.78 is 14.8. The Bertz CT molecular complexity index is 938. The molecule has 2 aromatic rings. The number of aromatic nitrogens is 1. The van der Waals surface area contributed by atoms with Gasteiger partial charge >= 0.3 is 0 Å². The summed E-state index contributed by atoms with van der Waals surface area (Å²) in [4.78, 5) is 21.1. The van der Waals surface area contributed by atoms with Gasteiger partial charge in [0.2, 0.25) is 0 Å². The van der Waals surface area contributed by atoms with Crippen molar-refractivity contribution in [2.75, 3.05) is 11.1 Å². The molecule has 1 fully saturated rings. The predicted octanol–water partition coefficient (Wildman–Crippen LogP) is 4.18. The van der Waals surface area contributed by atoms with Crippen LogP contribution in [-0.2, 0) is 5.54 Å². The quantitative estimate of drug-likeness (QED) is 0.804. The molecular formula is C19H18ClFN4OS. The molecule has 2 atom stereocenters. The first-order valence-corrected chi connectivity index (χ1v) is 10.1. The molecule has 1 aliphatic heterocycles. The number of anilines is 1. The summed E-state index contributed by atoms with van der Waals surface area (Å²) in [7, 11) is 0. The number of fused-ring (bicyclic) bond motifs is 1. The van der Waals surface area contributed by atoms with Crippen LogP contribution in [0.4, 0.5) is 10.1 Å². The zero-order chi connectivity index (χ0) is 19.0. The van der Waals surface area contributed by atoms with E-state index in [2.05, 4.69) is 15.3 Å². The van der Waals surface area contributed by atoms with Gasteiger partial charge in [0, 0.05) is 28.2 Å². The van der Waals surface area contributed by atoms with Crippen LogP contribution in [0.2, 0.25) is 5.02 Å². The second-order valence-electron chi connectivity index (χ2n) is 6.78. The lowest BCUT2D eigenvalue weighted by Gasteiger charge is -2.36. The van der Waals surface area contributed by atoms with Crippen LogP contribution in [0, 0.1) is 11.7 Å². The van der Waals surface area contributed by atoms with Crippen molar-refractivity contribution < 1.29 is 9.18 Å². The fourth-order valence-electron chi connectivity index (χ4n) is 3.92. The van der Waals surface area contributed by atoms with Gasteiger partial charge in [-0.3, -0.25) is 14.8 Å². The van der Waals surface area contributed by atoms with Crippen molar-refractivity contribution in [3.8, 4) is 0 Å². The third kappa shape index (κ3) is 3.41. The molecule has 0 saturated heterocycles. The van der Waals surface area contributed by atoms with E-state index in [4.69, 9.17) is 17.3 Å². The Morgan fingerprint density at radius 2 is 2.22 bits per heavy atom. The minimum absolute atomic E-state index is 0.196. The number of pyridine rings is 1. The van der Waals surface area contributed by atoms with E-state index in [1.165, 1.54) is 36.2 Å². The Kier molecular flexibility index (Phi) is 4.82. The van der Waals surface area contributed by atoms with Crippen molar-refractivity contribution in [1.82, 2.24) is 4.98 Å². The van der Waals surface area contributed by atoms with Gasteiger partial charge in [0.1, 0.15) is 11.5 Å². The van der Waals surface area contributed by atoms with Gasteiger partial charge in [-0.15, -0.1) is 0 Å². The number of hydrogen-bond donors (Lipinski definition) is 2. The molecule has 1 amide bonds. The first kappa shape index (κ1) is 18.3. The number of aliphatic imine (C=N–C) groups is 1. The molecule has 140 valence electrons. The van der Waals surface area contributed by atoms with Gasteiger partial charge in [0.25, 0.3) is 5.91 Å². The fourth-order valence-corrected chi connectivity index (χ4v) is 5.12. The summed E-state index contributed by atoms with van der Waals surface area (Å²) in [5.74, 6) is 0.337. The Labute approximate surface area is 165 Å². The monoisotopic (exact) mass is 404 g/mol. The summed E-state index contributed by atoms with van der Waals surface area (Å²) >= 11 is 7.44. The van der Waals surface area contributed by atoms with Crippen LogP contribution in [0.3, 0.4) is 0 Å². The number of rotatable bonds is 3. The highest BCUT2D eigenvalue weighted by molar-refractivity contribution is 8.13. The first-order valence-electron chi connectivity index (χ1n) is 8.69. The number of amidine groups is 1. The molecule has 27 heavy (non-hydrogen) atoms. The number of carbonyl (C=O) groups excluding carboxylic acids is 1. The molecule has 0 spiro atoms. The Balaban J connectivity index is 1.68. The summed E-state index contributed by atoms with van der Waals surface area (Å²) in [5.41, 5.74) is 6.51. The molecule has 3 N–H and O–H groups in total. The molecule has 2 aliphatic rings. The molecule has 1 saturated carbocycles. The molecule has 4 rings (SSSR count). The van der Waals surface area contributed by atoms with Gasteiger partial charge in [-0.05, 0) is 49.1 Å². The van der Waals surface area contributed by atoms with Crippen LogP contribution in [0.15, 0.2) is 41.5 Å². The van der Waals surface area contributed by atoms with E-state index in [0.29, 0.717) is 21.4 Å². The lowest BCUT2D eigenvalue weighted by atomic mass is 9.81. The Morgan fingerprint density at radius 3 is 3.04 bits per heavy atom. The maximum atomic E-state index is 14.8. The third-order valence-corrected chi connectivity index (χ3v) is 6.36. The molecule has 1 aliphatic carbocycles. The van der Waals surface area contributed by atoms with Crippen LogP contribution in [-0.4, -0.2) is 21.8 Å². The lowest BCUT2D eigenvalue weighted by Crippen LogP contribution is -2.37. The summed E-state index contributed by atoms with van der Waals surface area (Å²) in [6.07, 6.45) is 4.19. The number of carbonyl (C=O) groups is 1. The van der Waals surface area contributed by atoms with E-state index in [-0.39, 0.29) is 17.4 Å². The Hall–Kier alpha value is -2.12. The van der Waals surface area contributed by atoms with E-state index < -0.39 is 11.4 Å². The number of nitrogens with one attached hydrogen (secondary N) is 1. The van der Waals surface area contributed by atoms with Gasteiger partial charge in [0.05, 0.1) is 5.54 Å². The molecule has 0 unspecified atom stereocenters. The van der Waals surface area contributed by atoms with Gasteiger partial charge in [-0.25, -0.2) is 4.39 Å². The second-order valence-corrected chi connectivity index (χ2v) is 8.26. The van der Waals surface area contributed by atoms with Crippen molar-refractivity contribution in [2.24, 2.45) is 16.6 Å². The minimum Gasteiger partial charge on any atom is -0.379 e. The van der Waals surface area contributed by atoms with Crippen LogP contribution in [0.25, 0.3) is 0 Å². The van der Waals surface area contributed by atoms with Crippen molar-refractivity contribution in [2.45, 2.75) is 24.8 Å². The van der Waals surface area contributed by atoms with Gasteiger partial charge < -0.3 is 11.1 Å². The average molecular weight is 405 g/mol. The van der Waals surface area contributed by atoms with Gasteiger partial charge in [0.15, 0.2) is 5.17 Å². The molecular weight excluding hydrogens is 387 g/mol. The zero-order valence-electron chi connectivity index (χ0n) is 14.4. The third-order valence-electron chi connectivity index (χ3n) is 5.17. The van der Waals surface area contributed by atoms with Crippen LogP contribution < -0.4 is 11.1 Å². The summed E-state index contributed by atoms with van der Waals surface area (Å²) in [6.45, 7) is 0. The van der Waals surface area contributed by atoms with E-state index >= 15 is 0 Å². The van der Waals surface area contributed by atoms with E-state index in [1.807, 2.05) is 0 Å². The average Bonchev–Trinajstić information content (AvgIpc) is 3.07. The van der Waals surface area contributed by atoms with E-state index in [1.54, 1.807) is 12.1 Å². The summed E-state index contributed by atoms with van der Waals surface area (Å²) in [5, 5.41) is 3.68. The van der Waals surface area contributed by atoms with E-state index in [0.717, 1.165) is 25.0 Å². The second kappa shape index (κ2) is 7.13. The molecule has 2 heterocycles. The first-order chi connectivity index (χ1) is 13.0. The number of benzene rings is 1. The smallest absolute Gasteiger partial charge is 0.274 e. The zero-order valence-corrected chi connectivity index (χ0v) is 16.0. The van der Waals surface area contributed by atoms with Crippen molar-refractivity contribution in [3.63, 3.8) is 0 Å². The van der Waals surface area contributed by atoms with E-state index in [9.17, 15) is 9.18 Å². The molecule has 0 radical (unpaired) electrons. The normalized spacial score (nSPS) is 24.2. The molecule has 8 heteroatoms. The van der Waals surface area contributed by atoms with Crippen molar-refractivity contribution in [1.29, 1.82) is 0 Å². The highest BCUT2D eigenvalue weighted by atomic mass is 35.5. The largest absolute Gasteiger partial charge is 0.379 e. The van der Waals surface area contributed by atoms with Gasteiger partial charge in [-0.1, -0.05) is 29.8 Å². The number of halogens is 2. The van der Waals surface area contributed by atoms with Crippen LogP contribution >= 0.6 is 23.4 Å². The number of thioether (sulfide) groups is 1. The van der Waals surface area contributed by atoms with Crippen LogP contribution in [0.1, 0.15) is 35.3 Å². The number of nitrogens with two attached hydrogens (primary N) is 1. The van der Waals surface area contributed by atoms with Crippen molar-refractivity contribution in [3.05, 3.63) is 58.6 Å². The molecule has 0 bridgehead atoms. The number of amides is 1. The standard InChI is InChI=1S/C19H18ClFN4OS/c20-12-5-7-23-16(8-12)17(26)24-13-3-4-15(21)14(9-13)19-6-1-2-11(19)10-27-18(22)25-19/h3-5,7-9,11H,1-2,6,10H2,(H2,22,25)(H,24,26)/t11-,19-/m0/s1. The maximum Gasteiger partial charge on any atom is 0.274 e. The number of nitrogens with zero attached hydrogens (tertiary/aromatic N) is 2. The molecule has 5 nitrogen and oxygen atoms in total. The topological polar surface area (TPSA) is 80.4 Å². The SMILES string of the molecule is NC1=N[C@@]2(c3cc(NC(=O)c4cc(Cl)ccn4)ccc3F)CCC[C@H]2CS1. The van der Waals surface area contributed by atoms with Crippen molar-refractivity contribution >= 4 is 40.1 Å². The Morgan fingerprint density at radius 1 is 1.37 bits per heavy atom. The minimum atomic E-state index is -0.644. The lowest BCUT2D eigenvalue weighted by molar-refractivity contribution is 0.102.